The third kappa shape index (κ3) is 1.81. The second kappa shape index (κ2) is 3.80. The van der Waals surface area contributed by atoms with E-state index < -0.39 is 4.92 Å². The third-order valence-corrected chi connectivity index (χ3v) is 2.16. The molecule has 0 fully saturated rings. The van der Waals surface area contributed by atoms with Crippen molar-refractivity contribution in [2.75, 3.05) is 6.79 Å². The van der Waals surface area contributed by atoms with Crippen LogP contribution >= 0.6 is 0 Å². The zero-order valence-corrected chi connectivity index (χ0v) is 8.56. The molecule has 0 saturated heterocycles. The molecule has 0 amide bonds. The van der Waals surface area contributed by atoms with Gasteiger partial charge < -0.3 is 9.47 Å². The Morgan fingerprint density at radius 3 is 2.88 bits per heavy atom. The second-order valence-electron chi connectivity index (χ2n) is 3.48. The van der Waals surface area contributed by atoms with Crippen molar-refractivity contribution in [2.45, 2.75) is 13.3 Å². The summed E-state index contributed by atoms with van der Waals surface area (Å²) in [5.74, 6) is 0.399. The van der Waals surface area contributed by atoms with Crippen LogP contribution in [0.5, 0.6) is 11.5 Å². The monoisotopic (exact) mass is 223 g/mol. The maximum absolute atomic E-state index is 11.0. The summed E-state index contributed by atoms with van der Waals surface area (Å²) >= 11 is 0. The fraction of sp³-hybridized carbons (Fsp3) is 0.300. The highest BCUT2D eigenvalue weighted by molar-refractivity contribution is 5.79. The molecule has 0 bridgehead atoms. The molecule has 0 saturated carbocycles. The first-order chi connectivity index (χ1) is 7.58. The second-order valence-corrected chi connectivity index (χ2v) is 3.48. The molecule has 0 spiro atoms. The lowest BCUT2D eigenvalue weighted by molar-refractivity contribution is -0.385. The number of ether oxygens (including phenoxy) is 2. The van der Waals surface area contributed by atoms with Crippen LogP contribution in [-0.2, 0) is 11.2 Å². The minimum Gasteiger partial charge on any atom is -0.453 e. The molecule has 2 rings (SSSR count). The molecule has 0 aromatic heterocycles. The first-order valence-electron chi connectivity index (χ1n) is 4.64. The van der Waals surface area contributed by atoms with Crippen molar-refractivity contribution in [3.63, 3.8) is 0 Å². The van der Waals surface area contributed by atoms with Crippen molar-refractivity contribution in [3.8, 4) is 11.5 Å². The number of fused-ring (bicyclic) bond motifs is 1. The van der Waals surface area contributed by atoms with Crippen molar-refractivity contribution < 1.29 is 19.2 Å². The number of hydrogen-bond acceptors (Lipinski definition) is 5. The highest BCUT2D eigenvalue weighted by Gasteiger charge is 2.26. The van der Waals surface area contributed by atoms with Gasteiger partial charge in [-0.1, -0.05) is 0 Å². The van der Waals surface area contributed by atoms with E-state index in [1.54, 1.807) is 6.07 Å². The summed E-state index contributed by atoms with van der Waals surface area (Å²) in [7, 11) is 0. The Kier molecular flexibility index (Phi) is 2.47. The molecule has 0 unspecified atom stereocenters. The first kappa shape index (κ1) is 10.4. The molecule has 1 aromatic rings. The molecule has 84 valence electrons. The van der Waals surface area contributed by atoms with Crippen LogP contribution in [0.4, 0.5) is 5.69 Å². The number of nitro groups is 1. The van der Waals surface area contributed by atoms with Crippen LogP contribution in [0.25, 0.3) is 0 Å². The maximum atomic E-state index is 11.0. The molecular formula is C10H9NO5. The average molecular weight is 223 g/mol. The lowest BCUT2D eigenvalue weighted by Gasteiger charge is -2.02. The van der Waals surface area contributed by atoms with E-state index in [-0.39, 0.29) is 30.4 Å². The standard InChI is InChI=1S/C10H9NO5/c1-6(12)2-7-3-8(11(13)14)10-9(4-7)15-5-16-10/h3-4H,2,5H2,1H3. The van der Waals surface area contributed by atoms with E-state index >= 15 is 0 Å². The van der Waals surface area contributed by atoms with Crippen LogP contribution in [0.3, 0.4) is 0 Å². The van der Waals surface area contributed by atoms with E-state index in [1.165, 1.54) is 13.0 Å². The molecule has 16 heavy (non-hydrogen) atoms. The molecule has 1 aliphatic rings. The van der Waals surface area contributed by atoms with E-state index in [9.17, 15) is 14.9 Å². The normalized spacial score (nSPS) is 12.6. The van der Waals surface area contributed by atoms with Gasteiger partial charge in [0.1, 0.15) is 5.78 Å². The quantitative estimate of drug-likeness (QED) is 0.572. The molecule has 1 heterocycles. The van der Waals surface area contributed by atoms with Gasteiger partial charge in [-0.2, -0.15) is 0 Å². The molecule has 0 N–H and O–H groups in total. The van der Waals surface area contributed by atoms with Crippen molar-refractivity contribution in [1.82, 2.24) is 0 Å². The van der Waals surface area contributed by atoms with E-state index in [2.05, 4.69) is 0 Å². The summed E-state index contributed by atoms with van der Waals surface area (Å²) in [4.78, 5) is 21.2. The van der Waals surface area contributed by atoms with Gasteiger partial charge in [0, 0.05) is 12.5 Å². The Hall–Kier alpha value is -2.11. The van der Waals surface area contributed by atoms with Crippen LogP contribution in [0.2, 0.25) is 0 Å². The Morgan fingerprint density at radius 1 is 1.50 bits per heavy atom. The highest BCUT2D eigenvalue weighted by Crippen LogP contribution is 2.41. The van der Waals surface area contributed by atoms with Gasteiger partial charge in [0.05, 0.1) is 4.92 Å². The highest BCUT2D eigenvalue weighted by atomic mass is 16.7. The predicted octanol–water partition coefficient (Wildman–Crippen LogP) is 1.46. The van der Waals surface area contributed by atoms with E-state index in [0.717, 1.165) is 0 Å². The van der Waals surface area contributed by atoms with Crippen molar-refractivity contribution in [2.24, 2.45) is 0 Å². The Labute approximate surface area is 90.9 Å². The molecule has 6 heteroatoms. The molecule has 6 nitrogen and oxygen atoms in total. The largest absolute Gasteiger partial charge is 0.453 e. The Morgan fingerprint density at radius 2 is 2.25 bits per heavy atom. The topological polar surface area (TPSA) is 78.7 Å². The summed E-state index contributed by atoms with van der Waals surface area (Å²) in [5, 5.41) is 10.8. The SMILES string of the molecule is CC(=O)Cc1cc2c(c([N+](=O)[O-])c1)OCO2. The molecule has 0 radical (unpaired) electrons. The van der Waals surface area contributed by atoms with Gasteiger partial charge in [0.15, 0.2) is 5.75 Å². The number of Topliss-reactive ketones (excluding diaryl/α,β-unsaturated/α-hetero) is 1. The number of carbonyl (C=O) groups excluding carboxylic acids is 1. The molecule has 1 aliphatic heterocycles. The number of rotatable bonds is 3. The minimum absolute atomic E-state index is 0.0281. The van der Waals surface area contributed by atoms with Crippen LogP contribution in [0.1, 0.15) is 12.5 Å². The van der Waals surface area contributed by atoms with E-state index in [4.69, 9.17) is 9.47 Å². The van der Waals surface area contributed by atoms with Gasteiger partial charge in [-0.15, -0.1) is 0 Å². The Bertz CT molecular complexity index is 469. The summed E-state index contributed by atoms with van der Waals surface area (Å²) in [6, 6.07) is 2.94. The number of benzene rings is 1. The zero-order chi connectivity index (χ0) is 11.7. The molecular weight excluding hydrogens is 214 g/mol. The van der Waals surface area contributed by atoms with Gasteiger partial charge in [-0.05, 0) is 18.6 Å². The summed E-state index contributed by atoms with van der Waals surface area (Å²) in [6.45, 7) is 1.40. The fourth-order valence-corrected chi connectivity index (χ4v) is 1.57. The van der Waals surface area contributed by atoms with E-state index in [0.29, 0.717) is 11.3 Å². The first-order valence-corrected chi connectivity index (χ1v) is 4.64. The van der Waals surface area contributed by atoms with Crippen molar-refractivity contribution in [3.05, 3.63) is 27.8 Å². The summed E-state index contributed by atoms with van der Waals surface area (Å²) < 4.78 is 10.1. The van der Waals surface area contributed by atoms with Crippen molar-refractivity contribution >= 4 is 11.5 Å². The summed E-state index contributed by atoms with van der Waals surface area (Å²) in [6.07, 6.45) is 0.150. The zero-order valence-electron chi connectivity index (χ0n) is 8.56. The average Bonchev–Trinajstić information content (AvgIpc) is 2.62. The minimum atomic E-state index is -0.544. The van der Waals surface area contributed by atoms with Gasteiger partial charge in [0.25, 0.3) is 0 Å². The predicted molar refractivity (Wildman–Crippen MR) is 53.6 cm³/mol. The van der Waals surface area contributed by atoms with Crippen LogP contribution in [-0.4, -0.2) is 17.5 Å². The maximum Gasteiger partial charge on any atom is 0.315 e. The number of carbonyl (C=O) groups is 1. The van der Waals surface area contributed by atoms with Crippen molar-refractivity contribution in [1.29, 1.82) is 0 Å². The fourth-order valence-electron chi connectivity index (χ4n) is 1.57. The lowest BCUT2D eigenvalue weighted by Crippen LogP contribution is -1.98. The molecule has 0 atom stereocenters. The number of nitrogens with zero attached hydrogens (tertiary/aromatic N) is 1. The smallest absolute Gasteiger partial charge is 0.315 e. The number of hydrogen-bond donors (Lipinski definition) is 0. The van der Waals surface area contributed by atoms with Gasteiger partial charge in [0.2, 0.25) is 12.5 Å². The van der Waals surface area contributed by atoms with Gasteiger partial charge in [-0.25, -0.2) is 0 Å². The van der Waals surface area contributed by atoms with Gasteiger partial charge >= 0.3 is 5.69 Å². The van der Waals surface area contributed by atoms with E-state index in [1.807, 2.05) is 0 Å². The molecule has 1 aromatic carbocycles. The van der Waals surface area contributed by atoms with Crippen LogP contribution in [0.15, 0.2) is 12.1 Å². The van der Waals surface area contributed by atoms with Crippen LogP contribution in [0, 0.1) is 10.1 Å². The Balaban J connectivity index is 2.47. The lowest BCUT2D eigenvalue weighted by atomic mass is 10.1. The number of ketones is 1. The third-order valence-electron chi connectivity index (χ3n) is 2.16. The summed E-state index contributed by atoms with van der Waals surface area (Å²) in [5.41, 5.74) is 0.398. The van der Waals surface area contributed by atoms with Gasteiger partial charge in [-0.3, -0.25) is 14.9 Å². The number of nitro benzene ring substituents is 1. The molecule has 0 aliphatic carbocycles. The van der Waals surface area contributed by atoms with Crippen LogP contribution < -0.4 is 9.47 Å².